The van der Waals surface area contributed by atoms with E-state index in [1.54, 1.807) is 37.4 Å². The molecule has 1 N–H and O–H groups in total. The second-order valence-corrected chi connectivity index (χ2v) is 9.70. The Hall–Kier alpha value is -4.46. The smallest absolute Gasteiger partial charge is 0.295 e. The predicted molar refractivity (Wildman–Crippen MR) is 150 cm³/mol. The van der Waals surface area contributed by atoms with E-state index in [2.05, 4.69) is 6.92 Å². The third-order valence-corrected chi connectivity index (χ3v) is 7.10. The van der Waals surface area contributed by atoms with Gasteiger partial charge < -0.3 is 29.0 Å². The summed E-state index contributed by atoms with van der Waals surface area (Å²) in [5.74, 6) is 0.417. The molecule has 0 radical (unpaired) electrons. The van der Waals surface area contributed by atoms with Gasteiger partial charge in [-0.15, -0.1) is 0 Å². The van der Waals surface area contributed by atoms with E-state index in [9.17, 15) is 14.7 Å². The Kier molecular flexibility index (Phi) is 8.24. The van der Waals surface area contributed by atoms with Gasteiger partial charge in [0.1, 0.15) is 19.0 Å². The van der Waals surface area contributed by atoms with E-state index in [0.29, 0.717) is 60.4 Å². The maximum absolute atomic E-state index is 13.5. The van der Waals surface area contributed by atoms with Crippen molar-refractivity contribution in [3.8, 4) is 23.0 Å². The molecule has 0 bridgehead atoms. The lowest BCUT2D eigenvalue weighted by Crippen LogP contribution is -2.31. The number of Topliss-reactive ketones (excluding diaryl/α,β-unsaturated/α-hetero) is 1. The molecule has 0 saturated carbocycles. The molecule has 2 heterocycles. The molecule has 3 aromatic rings. The Balaban J connectivity index is 1.57. The van der Waals surface area contributed by atoms with Crippen LogP contribution in [0.1, 0.15) is 42.5 Å². The third-order valence-electron chi connectivity index (χ3n) is 7.10. The minimum atomic E-state index is -0.824. The van der Waals surface area contributed by atoms with Crippen LogP contribution in [0.5, 0.6) is 23.0 Å². The van der Waals surface area contributed by atoms with E-state index in [-0.39, 0.29) is 17.9 Å². The molecule has 1 unspecified atom stereocenters. The van der Waals surface area contributed by atoms with Crippen molar-refractivity contribution in [3.63, 3.8) is 0 Å². The van der Waals surface area contributed by atoms with Crippen LogP contribution >= 0.6 is 0 Å². The minimum Gasteiger partial charge on any atom is -0.507 e. The summed E-state index contributed by atoms with van der Waals surface area (Å²) < 4.78 is 22.8. The Morgan fingerprint density at radius 2 is 1.75 bits per heavy atom. The van der Waals surface area contributed by atoms with E-state index in [4.69, 9.17) is 18.9 Å². The number of hydrogen-bond donors (Lipinski definition) is 1. The number of hydrogen-bond acceptors (Lipinski definition) is 7. The fourth-order valence-corrected chi connectivity index (χ4v) is 5.00. The fourth-order valence-electron chi connectivity index (χ4n) is 5.00. The van der Waals surface area contributed by atoms with Crippen molar-refractivity contribution in [3.05, 3.63) is 89.0 Å². The zero-order chi connectivity index (χ0) is 28.1. The SMILES string of the molecule is CCCCOc1ccc(C2/C(=C(\O)c3ccc4c(c3)OCCO4)C(=O)C(=O)N2CCc2ccccc2)cc1OC. The molecule has 1 fully saturated rings. The van der Waals surface area contributed by atoms with Gasteiger partial charge in [0.05, 0.1) is 25.3 Å². The first-order chi connectivity index (χ1) is 19.5. The van der Waals surface area contributed by atoms with Crippen LogP contribution in [0.25, 0.3) is 5.76 Å². The summed E-state index contributed by atoms with van der Waals surface area (Å²) >= 11 is 0. The van der Waals surface area contributed by atoms with Crippen molar-refractivity contribution in [2.24, 2.45) is 0 Å². The van der Waals surface area contributed by atoms with Crippen LogP contribution in [0.2, 0.25) is 0 Å². The van der Waals surface area contributed by atoms with E-state index >= 15 is 0 Å². The number of benzene rings is 3. The van der Waals surface area contributed by atoms with E-state index in [0.717, 1.165) is 18.4 Å². The Morgan fingerprint density at radius 1 is 0.975 bits per heavy atom. The number of aliphatic hydroxyl groups excluding tert-OH is 1. The molecule has 0 spiro atoms. The lowest BCUT2D eigenvalue weighted by molar-refractivity contribution is -0.139. The second kappa shape index (κ2) is 12.2. The lowest BCUT2D eigenvalue weighted by Gasteiger charge is -2.26. The van der Waals surface area contributed by atoms with Gasteiger partial charge in [-0.3, -0.25) is 9.59 Å². The Bertz CT molecular complexity index is 1420. The van der Waals surface area contributed by atoms with Crippen molar-refractivity contribution >= 4 is 17.4 Å². The summed E-state index contributed by atoms with van der Waals surface area (Å²) in [6.45, 7) is 3.74. The summed E-state index contributed by atoms with van der Waals surface area (Å²) in [7, 11) is 1.55. The highest BCUT2D eigenvalue weighted by Crippen LogP contribution is 2.43. The van der Waals surface area contributed by atoms with Gasteiger partial charge >= 0.3 is 0 Å². The molecule has 8 nitrogen and oxygen atoms in total. The Morgan fingerprint density at radius 3 is 2.50 bits per heavy atom. The predicted octanol–water partition coefficient (Wildman–Crippen LogP) is 5.31. The molecule has 208 valence electrons. The normalized spacial score (nSPS) is 17.6. The number of rotatable bonds is 10. The number of ether oxygens (including phenoxy) is 4. The summed E-state index contributed by atoms with van der Waals surface area (Å²) in [5.41, 5.74) is 2.04. The highest BCUT2D eigenvalue weighted by Gasteiger charge is 2.46. The average molecular weight is 544 g/mol. The van der Waals surface area contributed by atoms with Gasteiger partial charge in [-0.2, -0.15) is 0 Å². The topological polar surface area (TPSA) is 94.5 Å². The minimum absolute atomic E-state index is 0.0106. The standard InChI is InChI=1S/C32H33NO7/c1-3-4-16-38-24-12-10-22(19-26(24)37-2)29-28(30(34)23-11-13-25-27(20-23)40-18-17-39-25)31(35)32(36)33(29)15-14-21-8-6-5-7-9-21/h5-13,19-20,29,34H,3-4,14-18H2,1-2H3/b30-28+. The molecule has 5 rings (SSSR count). The highest BCUT2D eigenvalue weighted by molar-refractivity contribution is 6.46. The van der Waals surface area contributed by atoms with Gasteiger partial charge in [-0.05, 0) is 54.3 Å². The van der Waals surface area contributed by atoms with Gasteiger partial charge in [0.25, 0.3) is 11.7 Å². The maximum Gasteiger partial charge on any atom is 0.295 e. The van der Waals surface area contributed by atoms with Crippen molar-refractivity contribution in [2.45, 2.75) is 32.2 Å². The molecule has 1 saturated heterocycles. The molecule has 3 aromatic carbocycles. The first kappa shape index (κ1) is 27.1. The van der Waals surface area contributed by atoms with Gasteiger partial charge in [-0.25, -0.2) is 0 Å². The molecular weight excluding hydrogens is 510 g/mol. The highest BCUT2D eigenvalue weighted by atomic mass is 16.6. The molecule has 2 aliphatic heterocycles. The number of amides is 1. The number of ketones is 1. The van der Waals surface area contributed by atoms with Crippen molar-refractivity contribution in [1.29, 1.82) is 0 Å². The van der Waals surface area contributed by atoms with Gasteiger partial charge in [-0.1, -0.05) is 49.7 Å². The largest absolute Gasteiger partial charge is 0.507 e. The second-order valence-electron chi connectivity index (χ2n) is 9.70. The molecule has 1 atom stereocenters. The zero-order valence-corrected chi connectivity index (χ0v) is 22.7. The number of carbonyl (C=O) groups excluding carboxylic acids is 2. The third kappa shape index (κ3) is 5.47. The molecule has 8 heteroatoms. The molecule has 0 aromatic heterocycles. The number of fused-ring (bicyclic) bond motifs is 1. The number of likely N-dealkylation sites (tertiary alicyclic amines) is 1. The molecular formula is C32H33NO7. The van der Waals surface area contributed by atoms with Crippen LogP contribution in [0.4, 0.5) is 0 Å². The molecule has 1 amide bonds. The summed E-state index contributed by atoms with van der Waals surface area (Å²) in [4.78, 5) is 28.4. The summed E-state index contributed by atoms with van der Waals surface area (Å²) in [6, 6.07) is 19.3. The van der Waals surface area contributed by atoms with Crippen LogP contribution in [0.3, 0.4) is 0 Å². The Labute approximate surface area is 233 Å². The molecule has 0 aliphatic carbocycles. The fraction of sp³-hybridized carbons (Fsp3) is 0.312. The van der Waals surface area contributed by atoms with Crippen molar-refractivity contribution in [1.82, 2.24) is 4.90 Å². The van der Waals surface area contributed by atoms with Gasteiger partial charge in [0.15, 0.2) is 23.0 Å². The number of nitrogens with zero attached hydrogens (tertiary/aromatic N) is 1. The van der Waals surface area contributed by atoms with Crippen LogP contribution in [-0.2, 0) is 16.0 Å². The quantitative estimate of drug-likeness (QED) is 0.160. The monoisotopic (exact) mass is 543 g/mol. The number of aliphatic hydroxyl groups is 1. The van der Waals surface area contributed by atoms with E-state index in [1.807, 2.05) is 36.4 Å². The van der Waals surface area contributed by atoms with Crippen molar-refractivity contribution < 1.29 is 33.6 Å². The first-order valence-electron chi connectivity index (χ1n) is 13.5. The van der Waals surface area contributed by atoms with Crippen LogP contribution in [0.15, 0.2) is 72.3 Å². The van der Waals surface area contributed by atoms with Crippen LogP contribution < -0.4 is 18.9 Å². The van der Waals surface area contributed by atoms with Crippen LogP contribution in [0, 0.1) is 0 Å². The average Bonchev–Trinajstić information content (AvgIpc) is 3.25. The molecule has 40 heavy (non-hydrogen) atoms. The first-order valence-corrected chi connectivity index (χ1v) is 13.5. The van der Waals surface area contributed by atoms with Crippen LogP contribution in [-0.4, -0.2) is 55.2 Å². The maximum atomic E-state index is 13.5. The van der Waals surface area contributed by atoms with Gasteiger partial charge in [0, 0.05) is 12.1 Å². The number of unbranched alkanes of at least 4 members (excludes halogenated alkanes) is 1. The number of methoxy groups -OCH3 is 1. The van der Waals surface area contributed by atoms with E-state index < -0.39 is 17.7 Å². The summed E-state index contributed by atoms with van der Waals surface area (Å²) in [5, 5.41) is 11.5. The van der Waals surface area contributed by atoms with E-state index in [1.165, 1.54) is 4.90 Å². The number of carbonyl (C=O) groups is 2. The zero-order valence-electron chi connectivity index (χ0n) is 22.7. The summed E-state index contributed by atoms with van der Waals surface area (Å²) in [6.07, 6.45) is 2.44. The molecule has 2 aliphatic rings. The van der Waals surface area contributed by atoms with Crippen molar-refractivity contribution in [2.75, 3.05) is 33.5 Å². The lowest BCUT2D eigenvalue weighted by atomic mass is 9.94. The van der Waals surface area contributed by atoms with Gasteiger partial charge in [0.2, 0.25) is 0 Å².